The molecule has 182 valence electrons. The predicted octanol–water partition coefficient (Wildman–Crippen LogP) is -6.62. The van der Waals surface area contributed by atoms with Gasteiger partial charge in [0.05, 0.1) is 18.8 Å². The van der Waals surface area contributed by atoms with E-state index in [1.165, 1.54) is 0 Å². The molecule has 2 aliphatic heterocycles. The Balaban J connectivity index is 1.78. The molecule has 14 nitrogen and oxygen atoms in total. The Hall–Kier alpha value is -0.560. The van der Waals surface area contributed by atoms with Crippen LogP contribution >= 0.6 is 0 Å². The smallest absolute Gasteiger partial charge is 0.187 e. The van der Waals surface area contributed by atoms with Crippen LogP contribution in [0.4, 0.5) is 0 Å². The fourth-order valence-corrected chi connectivity index (χ4v) is 4.10. The van der Waals surface area contributed by atoms with E-state index in [1.807, 2.05) is 0 Å². The first-order valence-corrected chi connectivity index (χ1v) is 10.1. The molecule has 1 saturated carbocycles. The average Bonchev–Trinajstić information content (AvgIpc) is 3.02. The Kier molecular flexibility index (Phi) is 8.21. The van der Waals surface area contributed by atoms with E-state index in [1.54, 1.807) is 0 Å². The van der Waals surface area contributed by atoms with E-state index in [0.717, 1.165) is 0 Å². The van der Waals surface area contributed by atoms with E-state index in [2.05, 4.69) is 0 Å². The van der Waals surface area contributed by atoms with Gasteiger partial charge in [0, 0.05) is 12.6 Å². The SMILES string of the molecule is NCC1OC(OC2C(N)CC(O)C(O)C2OC2OC(CO)C(O)C2O)C(N)C(O)C1O. The molecule has 0 bridgehead atoms. The highest BCUT2D eigenvalue weighted by atomic mass is 16.7. The van der Waals surface area contributed by atoms with E-state index < -0.39 is 92.3 Å². The third-order valence-corrected chi connectivity index (χ3v) is 6.05. The minimum Gasteiger partial charge on any atom is -0.394 e. The van der Waals surface area contributed by atoms with Crippen LogP contribution in [0.3, 0.4) is 0 Å². The van der Waals surface area contributed by atoms with Gasteiger partial charge in [-0.3, -0.25) is 0 Å². The second-order valence-electron chi connectivity index (χ2n) is 8.20. The molecule has 2 heterocycles. The molecule has 0 aromatic heterocycles. The molecule has 14 heteroatoms. The molecule has 3 aliphatic rings. The molecule has 1 aliphatic carbocycles. The van der Waals surface area contributed by atoms with Gasteiger partial charge < -0.3 is 71.9 Å². The molecule has 0 radical (unpaired) electrons. The van der Waals surface area contributed by atoms with Gasteiger partial charge in [0.25, 0.3) is 0 Å². The highest BCUT2D eigenvalue weighted by molar-refractivity contribution is 5.00. The van der Waals surface area contributed by atoms with Gasteiger partial charge >= 0.3 is 0 Å². The zero-order valence-corrected chi connectivity index (χ0v) is 16.7. The lowest BCUT2D eigenvalue weighted by molar-refractivity contribution is -0.311. The molecular formula is C17H33N3O11. The predicted molar refractivity (Wildman–Crippen MR) is 99.8 cm³/mol. The standard InChI is InChI=1S/C17H33N3O11/c18-2-6-10(24)12(26)8(20)16(28-6)30-14-4(19)1-5(22)9(23)15(14)31-17-13(27)11(25)7(3-21)29-17/h4-17,21-27H,1-3,18-20H2. The molecule has 31 heavy (non-hydrogen) atoms. The lowest BCUT2D eigenvalue weighted by Crippen LogP contribution is -2.67. The second kappa shape index (κ2) is 10.1. The molecule has 13 N–H and O–H groups in total. The van der Waals surface area contributed by atoms with Crippen molar-refractivity contribution in [2.45, 2.75) is 92.1 Å². The number of hydrogen-bond acceptors (Lipinski definition) is 14. The lowest BCUT2D eigenvalue weighted by Gasteiger charge is -2.47. The van der Waals surface area contributed by atoms with Crippen LogP contribution in [0.1, 0.15) is 6.42 Å². The summed E-state index contributed by atoms with van der Waals surface area (Å²) in [5, 5.41) is 70.1. The Morgan fingerprint density at radius 2 is 1.32 bits per heavy atom. The fraction of sp³-hybridized carbons (Fsp3) is 1.00. The zero-order valence-electron chi connectivity index (χ0n) is 16.7. The number of hydrogen-bond donors (Lipinski definition) is 10. The van der Waals surface area contributed by atoms with Crippen LogP contribution in [-0.2, 0) is 18.9 Å². The molecule has 2 saturated heterocycles. The summed E-state index contributed by atoms with van der Waals surface area (Å²) in [6.07, 6.45) is -16.0. The summed E-state index contributed by atoms with van der Waals surface area (Å²) in [6, 6.07) is -2.08. The summed E-state index contributed by atoms with van der Waals surface area (Å²) in [4.78, 5) is 0. The largest absolute Gasteiger partial charge is 0.394 e. The third kappa shape index (κ3) is 4.87. The number of nitrogens with two attached hydrogens (primary N) is 3. The summed E-state index contributed by atoms with van der Waals surface area (Å²) < 4.78 is 22.3. The monoisotopic (exact) mass is 455 g/mol. The maximum absolute atomic E-state index is 10.5. The van der Waals surface area contributed by atoms with Crippen molar-refractivity contribution >= 4 is 0 Å². The number of ether oxygens (including phenoxy) is 4. The Morgan fingerprint density at radius 3 is 1.90 bits per heavy atom. The maximum Gasteiger partial charge on any atom is 0.187 e. The van der Waals surface area contributed by atoms with E-state index in [4.69, 9.17) is 36.1 Å². The van der Waals surface area contributed by atoms with Crippen molar-refractivity contribution in [3.05, 3.63) is 0 Å². The number of rotatable bonds is 6. The summed E-state index contributed by atoms with van der Waals surface area (Å²) in [5.74, 6) is 0. The normalized spacial score (nSPS) is 53.6. The lowest BCUT2D eigenvalue weighted by atomic mass is 9.85. The molecule has 0 aromatic carbocycles. The summed E-state index contributed by atoms with van der Waals surface area (Å²) in [7, 11) is 0. The quantitative estimate of drug-likeness (QED) is 0.179. The van der Waals surface area contributed by atoms with Crippen molar-refractivity contribution in [2.24, 2.45) is 17.2 Å². The van der Waals surface area contributed by atoms with Crippen molar-refractivity contribution in [1.29, 1.82) is 0 Å². The van der Waals surface area contributed by atoms with Gasteiger partial charge in [-0.25, -0.2) is 0 Å². The minimum absolute atomic E-state index is 0.0743. The number of aliphatic hydroxyl groups is 7. The van der Waals surface area contributed by atoms with Gasteiger partial charge in [-0.15, -0.1) is 0 Å². The van der Waals surface area contributed by atoms with Gasteiger partial charge in [0.1, 0.15) is 54.9 Å². The van der Waals surface area contributed by atoms with Crippen molar-refractivity contribution in [1.82, 2.24) is 0 Å². The van der Waals surface area contributed by atoms with Gasteiger partial charge in [0.2, 0.25) is 0 Å². The molecule has 14 unspecified atom stereocenters. The Morgan fingerprint density at radius 1 is 0.742 bits per heavy atom. The first-order valence-electron chi connectivity index (χ1n) is 10.1. The van der Waals surface area contributed by atoms with Gasteiger partial charge in [0.15, 0.2) is 12.6 Å². The van der Waals surface area contributed by atoms with E-state index in [-0.39, 0.29) is 13.0 Å². The van der Waals surface area contributed by atoms with Crippen LogP contribution in [0.15, 0.2) is 0 Å². The van der Waals surface area contributed by atoms with Crippen molar-refractivity contribution < 1.29 is 54.7 Å². The van der Waals surface area contributed by atoms with Crippen LogP contribution in [0.25, 0.3) is 0 Å². The van der Waals surface area contributed by atoms with E-state index in [0.29, 0.717) is 0 Å². The van der Waals surface area contributed by atoms with Crippen molar-refractivity contribution in [3.63, 3.8) is 0 Å². The van der Waals surface area contributed by atoms with Crippen LogP contribution < -0.4 is 17.2 Å². The fourth-order valence-electron chi connectivity index (χ4n) is 4.10. The van der Waals surface area contributed by atoms with Crippen LogP contribution in [0, 0.1) is 0 Å². The van der Waals surface area contributed by atoms with Gasteiger partial charge in [-0.05, 0) is 6.42 Å². The van der Waals surface area contributed by atoms with Gasteiger partial charge in [-0.1, -0.05) is 0 Å². The molecule has 3 fully saturated rings. The second-order valence-corrected chi connectivity index (χ2v) is 8.20. The first-order chi connectivity index (χ1) is 14.6. The summed E-state index contributed by atoms with van der Waals surface area (Å²) in [6.45, 7) is -0.718. The molecule has 14 atom stereocenters. The highest BCUT2D eigenvalue weighted by Crippen LogP contribution is 2.32. The van der Waals surface area contributed by atoms with E-state index >= 15 is 0 Å². The summed E-state index contributed by atoms with van der Waals surface area (Å²) >= 11 is 0. The average molecular weight is 455 g/mol. The molecule has 0 spiro atoms. The Labute approximate surface area is 178 Å². The zero-order chi connectivity index (χ0) is 23.0. The Bertz CT molecular complexity index is 590. The number of aliphatic hydroxyl groups excluding tert-OH is 7. The van der Waals surface area contributed by atoms with Crippen molar-refractivity contribution in [2.75, 3.05) is 13.2 Å². The molecule has 0 amide bonds. The topological polar surface area (TPSA) is 257 Å². The van der Waals surface area contributed by atoms with Crippen LogP contribution in [0.5, 0.6) is 0 Å². The van der Waals surface area contributed by atoms with Gasteiger partial charge in [-0.2, -0.15) is 0 Å². The molecule has 0 aromatic rings. The van der Waals surface area contributed by atoms with E-state index in [9.17, 15) is 35.7 Å². The minimum atomic E-state index is -1.55. The van der Waals surface area contributed by atoms with Crippen molar-refractivity contribution in [3.8, 4) is 0 Å². The van der Waals surface area contributed by atoms with Crippen LogP contribution in [-0.4, -0.2) is 135 Å². The van der Waals surface area contributed by atoms with Crippen LogP contribution in [0.2, 0.25) is 0 Å². The first kappa shape index (κ1) is 25.1. The highest BCUT2D eigenvalue weighted by Gasteiger charge is 2.52. The molecular weight excluding hydrogens is 422 g/mol. The third-order valence-electron chi connectivity index (χ3n) is 6.05. The maximum atomic E-state index is 10.5. The molecule has 3 rings (SSSR count). The summed E-state index contributed by atoms with van der Waals surface area (Å²) in [5.41, 5.74) is 17.6.